The van der Waals surface area contributed by atoms with Crippen LogP contribution >= 0.6 is 11.6 Å². The van der Waals surface area contributed by atoms with Crippen LogP contribution in [0.3, 0.4) is 0 Å². The molecule has 0 unspecified atom stereocenters. The Labute approximate surface area is 124 Å². The first-order chi connectivity index (χ1) is 9.83. The number of nitrogens with two attached hydrogens (primary N) is 1. The van der Waals surface area contributed by atoms with Gasteiger partial charge in [0, 0.05) is 12.3 Å². The third kappa shape index (κ3) is 3.38. The van der Waals surface area contributed by atoms with Crippen molar-refractivity contribution < 1.29 is 17.2 Å². The Hall–Kier alpha value is -1.97. The number of benzene rings is 1. The van der Waals surface area contributed by atoms with E-state index in [-0.39, 0.29) is 10.7 Å². The van der Waals surface area contributed by atoms with Crippen molar-refractivity contribution in [2.75, 3.05) is 10.1 Å². The van der Waals surface area contributed by atoms with Crippen LogP contribution < -0.4 is 16.0 Å². The van der Waals surface area contributed by atoms with Gasteiger partial charge in [0.05, 0.1) is 5.02 Å². The first-order valence-corrected chi connectivity index (χ1v) is 7.29. The highest BCUT2D eigenvalue weighted by Crippen LogP contribution is 2.28. The van der Waals surface area contributed by atoms with Crippen molar-refractivity contribution in [3.8, 4) is 0 Å². The molecule has 1 aromatic carbocycles. The summed E-state index contributed by atoms with van der Waals surface area (Å²) in [6, 6.07) is 3.84. The molecule has 0 atom stereocenters. The summed E-state index contributed by atoms with van der Waals surface area (Å²) < 4.78 is 52.6. The molecule has 10 heteroatoms. The zero-order valence-electron chi connectivity index (χ0n) is 10.3. The highest BCUT2D eigenvalue weighted by Gasteiger charge is 2.19. The molecule has 0 saturated heterocycles. The molecule has 4 N–H and O–H groups in total. The maximum Gasteiger partial charge on any atom is 0.263 e. The molecule has 1 heterocycles. The molecule has 0 amide bonds. The van der Waals surface area contributed by atoms with Gasteiger partial charge in [0.25, 0.3) is 10.0 Å². The fourth-order valence-corrected chi connectivity index (χ4v) is 2.79. The lowest BCUT2D eigenvalue weighted by atomic mass is 10.3. The second-order valence-electron chi connectivity index (χ2n) is 3.87. The normalized spacial score (nSPS) is 11.2. The van der Waals surface area contributed by atoms with Gasteiger partial charge >= 0.3 is 0 Å². The Morgan fingerprint density at radius 2 is 1.95 bits per heavy atom. The largest absolute Gasteiger partial charge is 0.308 e. The summed E-state index contributed by atoms with van der Waals surface area (Å²) in [5.41, 5.74) is 1.69. The van der Waals surface area contributed by atoms with Crippen LogP contribution in [0.2, 0.25) is 5.02 Å². The van der Waals surface area contributed by atoms with E-state index in [0.717, 1.165) is 12.3 Å². The van der Waals surface area contributed by atoms with Crippen molar-refractivity contribution in [3.63, 3.8) is 0 Å². The fourth-order valence-electron chi connectivity index (χ4n) is 1.46. The first-order valence-electron chi connectivity index (χ1n) is 5.43. The molecule has 112 valence electrons. The van der Waals surface area contributed by atoms with E-state index in [1.807, 2.05) is 4.72 Å². The molecule has 0 spiro atoms. The van der Waals surface area contributed by atoms with E-state index in [1.165, 1.54) is 12.1 Å². The predicted molar refractivity (Wildman–Crippen MR) is 74.2 cm³/mol. The van der Waals surface area contributed by atoms with Crippen LogP contribution in [0.25, 0.3) is 0 Å². The monoisotopic (exact) mass is 334 g/mol. The van der Waals surface area contributed by atoms with Gasteiger partial charge in [0.2, 0.25) is 0 Å². The number of anilines is 2. The van der Waals surface area contributed by atoms with Gasteiger partial charge in [-0.1, -0.05) is 11.6 Å². The van der Waals surface area contributed by atoms with Crippen LogP contribution in [-0.2, 0) is 10.0 Å². The number of sulfonamides is 1. The maximum absolute atomic E-state index is 13.6. The van der Waals surface area contributed by atoms with Crippen LogP contribution in [-0.4, -0.2) is 13.4 Å². The van der Waals surface area contributed by atoms with Gasteiger partial charge in [0.1, 0.15) is 22.2 Å². The van der Waals surface area contributed by atoms with E-state index in [0.29, 0.717) is 6.07 Å². The summed E-state index contributed by atoms with van der Waals surface area (Å²) in [6.45, 7) is 0. The maximum atomic E-state index is 13.6. The molecule has 21 heavy (non-hydrogen) atoms. The lowest BCUT2D eigenvalue weighted by Gasteiger charge is -2.10. The molecule has 6 nitrogen and oxygen atoms in total. The van der Waals surface area contributed by atoms with E-state index in [1.54, 1.807) is 0 Å². The lowest BCUT2D eigenvalue weighted by molar-refractivity contribution is 0.583. The van der Waals surface area contributed by atoms with Crippen molar-refractivity contribution in [2.24, 2.45) is 5.84 Å². The molecule has 0 bridgehead atoms. The van der Waals surface area contributed by atoms with E-state index in [9.17, 15) is 17.2 Å². The van der Waals surface area contributed by atoms with Crippen molar-refractivity contribution in [3.05, 3.63) is 47.1 Å². The zero-order valence-corrected chi connectivity index (χ0v) is 11.8. The van der Waals surface area contributed by atoms with Crippen molar-refractivity contribution in [1.82, 2.24) is 4.98 Å². The summed E-state index contributed by atoms with van der Waals surface area (Å²) >= 11 is 5.63. The number of hydrogen-bond donors (Lipinski definition) is 3. The van der Waals surface area contributed by atoms with Gasteiger partial charge < -0.3 is 5.43 Å². The molecular weight excluding hydrogens is 326 g/mol. The molecule has 0 aliphatic carbocycles. The Bertz CT molecular complexity index is 745. The minimum atomic E-state index is -4.12. The van der Waals surface area contributed by atoms with Gasteiger partial charge in [-0.05, 0) is 18.2 Å². The number of hydrogen-bond acceptors (Lipinski definition) is 5. The van der Waals surface area contributed by atoms with E-state index in [2.05, 4.69) is 10.4 Å². The number of nitrogens with one attached hydrogen (secondary N) is 2. The summed E-state index contributed by atoms with van der Waals surface area (Å²) in [5.74, 6) is 3.31. The quantitative estimate of drug-likeness (QED) is 0.587. The molecule has 0 radical (unpaired) electrons. The van der Waals surface area contributed by atoms with Crippen LogP contribution in [0.5, 0.6) is 0 Å². The molecule has 0 aliphatic heterocycles. The molecule has 2 aromatic rings. The molecule has 2 rings (SSSR count). The summed E-state index contributed by atoms with van der Waals surface area (Å²) in [5, 5.41) is -0.399. The highest BCUT2D eigenvalue weighted by atomic mass is 35.5. The van der Waals surface area contributed by atoms with Crippen LogP contribution in [0.15, 0.2) is 35.4 Å². The van der Waals surface area contributed by atoms with Crippen molar-refractivity contribution >= 4 is 33.1 Å². The number of nitrogen functional groups attached to an aromatic ring is 1. The Kier molecular flexibility index (Phi) is 4.26. The highest BCUT2D eigenvalue weighted by molar-refractivity contribution is 7.92. The van der Waals surface area contributed by atoms with E-state index < -0.39 is 32.4 Å². The molecule has 0 aliphatic rings. The zero-order chi connectivity index (χ0) is 15.6. The van der Waals surface area contributed by atoms with Gasteiger partial charge in [-0.15, -0.1) is 0 Å². The van der Waals surface area contributed by atoms with Gasteiger partial charge in [-0.3, -0.25) is 4.72 Å². The van der Waals surface area contributed by atoms with Gasteiger partial charge in [-0.2, -0.15) is 0 Å². The van der Waals surface area contributed by atoms with Crippen LogP contribution in [0.1, 0.15) is 0 Å². The number of aromatic nitrogens is 1. The number of pyridine rings is 1. The number of nitrogens with zero attached hydrogens (tertiary/aromatic N) is 1. The summed E-state index contributed by atoms with van der Waals surface area (Å²) in [4.78, 5) is 3.49. The Balaban J connectivity index is 2.37. The van der Waals surface area contributed by atoms with Gasteiger partial charge in [-0.25, -0.2) is 28.0 Å². The average Bonchev–Trinajstić information content (AvgIpc) is 2.43. The molecule has 0 fully saturated rings. The van der Waals surface area contributed by atoms with E-state index >= 15 is 0 Å². The van der Waals surface area contributed by atoms with E-state index in [4.69, 9.17) is 17.4 Å². The minimum absolute atomic E-state index is 0.235. The van der Waals surface area contributed by atoms with Crippen molar-refractivity contribution in [2.45, 2.75) is 4.90 Å². The van der Waals surface area contributed by atoms with Crippen LogP contribution in [0, 0.1) is 11.6 Å². The second kappa shape index (κ2) is 5.80. The lowest BCUT2D eigenvalue weighted by Crippen LogP contribution is -2.15. The van der Waals surface area contributed by atoms with Crippen LogP contribution in [0.4, 0.5) is 20.3 Å². The second-order valence-corrected chi connectivity index (χ2v) is 5.96. The van der Waals surface area contributed by atoms with Crippen molar-refractivity contribution in [1.29, 1.82) is 0 Å². The topological polar surface area (TPSA) is 97.1 Å². The fraction of sp³-hybridized carbons (Fsp3) is 0. The third-order valence-corrected chi connectivity index (χ3v) is 4.07. The predicted octanol–water partition coefficient (Wildman–Crippen LogP) is 2.10. The third-order valence-electron chi connectivity index (χ3n) is 2.44. The average molecular weight is 335 g/mol. The Morgan fingerprint density at radius 1 is 1.24 bits per heavy atom. The standard InChI is InChI=1S/C11H9ClF2N4O2S/c12-8-3-6(13)4-9(14)11(8)18-21(19,20)7-1-2-10(17-15)16-5-7/h1-5,18H,15H2,(H,16,17). The first kappa shape index (κ1) is 15.4. The van der Waals surface area contributed by atoms with Gasteiger partial charge in [0.15, 0.2) is 5.82 Å². The molecule has 0 saturated carbocycles. The number of rotatable bonds is 4. The summed E-state index contributed by atoms with van der Waals surface area (Å²) in [7, 11) is -4.12. The minimum Gasteiger partial charge on any atom is -0.308 e. The molecule has 1 aromatic heterocycles. The Morgan fingerprint density at radius 3 is 2.48 bits per heavy atom. The molecular formula is C11H9ClF2N4O2S. The number of halogens is 3. The smallest absolute Gasteiger partial charge is 0.263 e. The number of hydrazine groups is 1. The SMILES string of the molecule is NNc1ccc(S(=O)(=O)Nc2c(F)cc(F)cc2Cl)cn1. The summed E-state index contributed by atoms with van der Waals surface area (Å²) in [6.07, 6.45) is 1.02.